The molecule has 1 heterocycles. The SMILES string of the molecule is Cc1ccc(NC(=O)c2cc(Br)cnc2NN)cc1. The minimum Gasteiger partial charge on any atom is -0.322 e. The second-order valence-electron chi connectivity index (χ2n) is 4.01. The summed E-state index contributed by atoms with van der Waals surface area (Å²) in [5, 5.41) is 2.79. The van der Waals surface area contributed by atoms with E-state index in [4.69, 9.17) is 5.84 Å². The number of anilines is 2. The third-order valence-electron chi connectivity index (χ3n) is 2.55. The van der Waals surface area contributed by atoms with Gasteiger partial charge in [0.2, 0.25) is 0 Å². The van der Waals surface area contributed by atoms with Gasteiger partial charge >= 0.3 is 0 Å². The Hall–Kier alpha value is -1.92. The van der Waals surface area contributed by atoms with Crippen LogP contribution < -0.4 is 16.6 Å². The Balaban J connectivity index is 2.24. The second kappa shape index (κ2) is 5.81. The van der Waals surface area contributed by atoms with Crippen LogP contribution in [0.25, 0.3) is 0 Å². The fraction of sp³-hybridized carbons (Fsp3) is 0.0769. The molecule has 2 aromatic rings. The number of aromatic nitrogens is 1. The Kier molecular flexibility index (Phi) is 4.13. The molecule has 0 saturated carbocycles. The van der Waals surface area contributed by atoms with Gasteiger partial charge in [-0.25, -0.2) is 10.8 Å². The smallest absolute Gasteiger partial charge is 0.259 e. The Bertz CT molecular complexity index is 598. The van der Waals surface area contributed by atoms with Crippen LogP contribution >= 0.6 is 15.9 Å². The summed E-state index contributed by atoms with van der Waals surface area (Å²) >= 11 is 3.28. The number of hydrogen-bond acceptors (Lipinski definition) is 4. The fourth-order valence-electron chi connectivity index (χ4n) is 1.56. The number of pyridine rings is 1. The van der Waals surface area contributed by atoms with Gasteiger partial charge in [0.05, 0.1) is 5.56 Å². The Morgan fingerprint density at radius 2 is 2.00 bits per heavy atom. The number of hydrogen-bond donors (Lipinski definition) is 3. The molecule has 0 radical (unpaired) electrons. The number of nitrogens with zero attached hydrogens (tertiary/aromatic N) is 1. The van der Waals surface area contributed by atoms with Gasteiger partial charge in [-0.3, -0.25) is 4.79 Å². The van der Waals surface area contributed by atoms with Crippen LogP contribution in [0, 0.1) is 6.92 Å². The quantitative estimate of drug-likeness (QED) is 0.600. The molecule has 0 aliphatic carbocycles. The van der Waals surface area contributed by atoms with Crippen LogP contribution in [0.15, 0.2) is 41.0 Å². The van der Waals surface area contributed by atoms with Gasteiger partial charge in [0.25, 0.3) is 5.91 Å². The van der Waals surface area contributed by atoms with Crippen molar-refractivity contribution in [1.82, 2.24) is 4.98 Å². The first-order chi connectivity index (χ1) is 9.10. The third kappa shape index (κ3) is 3.30. The first kappa shape index (κ1) is 13.5. The number of nitrogens with two attached hydrogens (primary N) is 1. The number of hydrazine groups is 1. The monoisotopic (exact) mass is 320 g/mol. The van der Waals surface area contributed by atoms with Crippen molar-refractivity contribution < 1.29 is 4.79 Å². The zero-order chi connectivity index (χ0) is 13.8. The zero-order valence-electron chi connectivity index (χ0n) is 10.3. The number of rotatable bonds is 3. The van der Waals surface area contributed by atoms with Crippen LogP contribution in [0.2, 0.25) is 0 Å². The van der Waals surface area contributed by atoms with Crippen LogP contribution in [0.5, 0.6) is 0 Å². The highest BCUT2D eigenvalue weighted by Gasteiger charge is 2.13. The molecule has 1 aromatic heterocycles. The van der Waals surface area contributed by atoms with E-state index < -0.39 is 0 Å². The van der Waals surface area contributed by atoms with Gasteiger partial charge < -0.3 is 10.7 Å². The van der Waals surface area contributed by atoms with Crippen molar-refractivity contribution in [3.05, 3.63) is 52.1 Å². The van der Waals surface area contributed by atoms with E-state index in [-0.39, 0.29) is 5.91 Å². The molecule has 0 bridgehead atoms. The van der Waals surface area contributed by atoms with Gasteiger partial charge in [-0.05, 0) is 41.1 Å². The minimum atomic E-state index is -0.273. The molecule has 1 aromatic carbocycles. The van der Waals surface area contributed by atoms with E-state index in [1.807, 2.05) is 31.2 Å². The lowest BCUT2D eigenvalue weighted by molar-refractivity contribution is 0.102. The largest absolute Gasteiger partial charge is 0.322 e. The highest BCUT2D eigenvalue weighted by molar-refractivity contribution is 9.10. The van der Waals surface area contributed by atoms with Crippen molar-refractivity contribution in [2.45, 2.75) is 6.92 Å². The molecule has 1 amide bonds. The summed E-state index contributed by atoms with van der Waals surface area (Å²) in [5.74, 6) is 5.40. The molecule has 4 N–H and O–H groups in total. The van der Waals surface area contributed by atoms with Gasteiger partial charge in [-0.15, -0.1) is 0 Å². The van der Waals surface area contributed by atoms with Crippen LogP contribution in [0.3, 0.4) is 0 Å². The maximum atomic E-state index is 12.2. The number of carbonyl (C=O) groups is 1. The predicted octanol–water partition coefficient (Wildman–Crippen LogP) is 2.69. The van der Waals surface area contributed by atoms with E-state index >= 15 is 0 Å². The molecule has 6 heteroatoms. The Labute approximate surface area is 119 Å². The average molecular weight is 321 g/mol. The maximum absolute atomic E-state index is 12.2. The molecular weight excluding hydrogens is 308 g/mol. The molecule has 0 fully saturated rings. The van der Waals surface area contributed by atoms with E-state index in [0.717, 1.165) is 11.3 Å². The van der Waals surface area contributed by atoms with Gasteiger partial charge in [-0.2, -0.15) is 0 Å². The third-order valence-corrected chi connectivity index (χ3v) is 2.98. The lowest BCUT2D eigenvalue weighted by atomic mass is 10.2. The standard InChI is InChI=1S/C13H13BrN4O/c1-8-2-4-10(5-3-8)17-13(19)11-6-9(14)7-16-12(11)18-15/h2-7H,15H2,1H3,(H,16,18)(H,17,19). The number of benzene rings is 1. The summed E-state index contributed by atoms with van der Waals surface area (Å²) in [6, 6.07) is 9.20. The number of aryl methyl sites for hydroxylation is 1. The molecule has 98 valence electrons. The summed E-state index contributed by atoms with van der Waals surface area (Å²) in [5.41, 5.74) is 4.63. The summed E-state index contributed by atoms with van der Waals surface area (Å²) in [6.07, 6.45) is 1.57. The van der Waals surface area contributed by atoms with Gasteiger partial charge in [0.1, 0.15) is 0 Å². The Morgan fingerprint density at radius 1 is 1.32 bits per heavy atom. The van der Waals surface area contributed by atoms with Crippen molar-refractivity contribution in [3.8, 4) is 0 Å². The first-order valence-corrected chi connectivity index (χ1v) is 6.39. The van der Waals surface area contributed by atoms with Gasteiger partial charge in [0.15, 0.2) is 5.82 Å². The van der Waals surface area contributed by atoms with Crippen molar-refractivity contribution in [1.29, 1.82) is 0 Å². The summed E-state index contributed by atoms with van der Waals surface area (Å²) in [7, 11) is 0. The van der Waals surface area contributed by atoms with E-state index in [1.165, 1.54) is 0 Å². The fourth-order valence-corrected chi connectivity index (χ4v) is 1.89. The second-order valence-corrected chi connectivity index (χ2v) is 4.93. The lowest BCUT2D eigenvalue weighted by Gasteiger charge is -2.09. The molecular formula is C13H13BrN4O. The van der Waals surface area contributed by atoms with Crippen molar-refractivity contribution in [3.63, 3.8) is 0 Å². The van der Waals surface area contributed by atoms with Gasteiger partial charge in [0, 0.05) is 16.4 Å². The molecule has 5 nitrogen and oxygen atoms in total. The van der Waals surface area contributed by atoms with E-state index in [0.29, 0.717) is 15.9 Å². The lowest BCUT2D eigenvalue weighted by Crippen LogP contribution is -2.18. The molecule has 0 unspecified atom stereocenters. The topological polar surface area (TPSA) is 80.0 Å². The van der Waals surface area contributed by atoms with Crippen molar-refractivity contribution >= 4 is 33.3 Å². The highest BCUT2D eigenvalue weighted by Crippen LogP contribution is 2.19. The van der Waals surface area contributed by atoms with E-state index in [2.05, 4.69) is 31.7 Å². The summed E-state index contributed by atoms with van der Waals surface area (Å²) in [4.78, 5) is 16.2. The van der Waals surface area contributed by atoms with Gasteiger partial charge in [-0.1, -0.05) is 17.7 Å². The van der Waals surface area contributed by atoms with Crippen LogP contribution in [0.4, 0.5) is 11.5 Å². The van der Waals surface area contributed by atoms with Crippen LogP contribution in [-0.4, -0.2) is 10.9 Å². The molecule has 2 rings (SSSR count). The maximum Gasteiger partial charge on any atom is 0.259 e. The first-order valence-electron chi connectivity index (χ1n) is 5.60. The molecule has 0 aliphatic rings. The molecule has 19 heavy (non-hydrogen) atoms. The minimum absolute atomic E-state index is 0.273. The van der Waals surface area contributed by atoms with E-state index in [9.17, 15) is 4.79 Å². The summed E-state index contributed by atoms with van der Waals surface area (Å²) in [6.45, 7) is 1.99. The number of amides is 1. The summed E-state index contributed by atoms with van der Waals surface area (Å²) < 4.78 is 0.709. The van der Waals surface area contributed by atoms with Crippen molar-refractivity contribution in [2.24, 2.45) is 5.84 Å². The van der Waals surface area contributed by atoms with Crippen LogP contribution in [-0.2, 0) is 0 Å². The molecule has 0 aliphatic heterocycles. The van der Waals surface area contributed by atoms with E-state index in [1.54, 1.807) is 12.3 Å². The number of halogens is 1. The average Bonchev–Trinajstić information content (AvgIpc) is 2.41. The zero-order valence-corrected chi connectivity index (χ0v) is 11.9. The number of nitrogen functional groups attached to an aromatic ring is 1. The van der Waals surface area contributed by atoms with Crippen molar-refractivity contribution in [2.75, 3.05) is 10.7 Å². The number of carbonyl (C=O) groups excluding carboxylic acids is 1. The normalized spacial score (nSPS) is 10.1. The predicted molar refractivity (Wildman–Crippen MR) is 78.9 cm³/mol. The molecule has 0 spiro atoms. The Morgan fingerprint density at radius 3 is 2.63 bits per heavy atom. The molecule has 0 saturated heterocycles. The van der Waals surface area contributed by atoms with Crippen LogP contribution in [0.1, 0.15) is 15.9 Å². The number of nitrogens with one attached hydrogen (secondary N) is 2. The molecule has 0 atom stereocenters. The highest BCUT2D eigenvalue weighted by atomic mass is 79.9.